The molecule has 1 aromatic carbocycles. The average Bonchev–Trinajstić information content (AvgIpc) is 3.08. The molecule has 3 rings (SSSR count). The number of benzene rings is 1. The molecule has 1 saturated heterocycles. The third-order valence-corrected chi connectivity index (χ3v) is 5.27. The van der Waals surface area contributed by atoms with Gasteiger partial charge in [-0.2, -0.15) is 0 Å². The molecule has 0 bridgehead atoms. The van der Waals surface area contributed by atoms with Crippen LogP contribution in [-0.4, -0.2) is 50.8 Å². The lowest BCUT2D eigenvalue weighted by Gasteiger charge is -2.27. The van der Waals surface area contributed by atoms with Crippen LogP contribution in [0, 0.1) is 0 Å². The Balaban J connectivity index is 1.73. The molecular weight excluding hydrogens is 356 g/mol. The molecule has 2 aliphatic rings. The Bertz CT molecular complexity index is 512. The van der Waals surface area contributed by atoms with Gasteiger partial charge in [0, 0.05) is 42.8 Å². The molecule has 1 N–H and O–H groups in total. The molecule has 0 radical (unpaired) electrons. The molecule has 0 spiro atoms. The van der Waals surface area contributed by atoms with E-state index < -0.39 is 0 Å². The van der Waals surface area contributed by atoms with Gasteiger partial charge in [0.25, 0.3) is 0 Å². The highest BCUT2D eigenvalue weighted by Gasteiger charge is 2.21. The number of halogens is 1. The first-order valence-electron chi connectivity index (χ1n) is 8.72. The molecule has 128 valence electrons. The highest BCUT2D eigenvalue weighted by atomic mass is 79.9. The lowest BCUT2D eigenvalue weighted by atomic mass is 10.1. The van der Waals surface area contributed by atoms with Crippen molar-refractivity contribution in [2.24, 2.45) is 0 Å². The molecule has 5 heteroatoms. The van der Waals surface area contributed by atoms with Crippen molar-refractivity contribution in [1.29, 1.82) is 0 Å². The summed E-state index contributed by atoms with van der Waals surface area (Å²) in [5.41, 5.74) is 1.25. The minimum Gasteiger partial charge on any atom is -0.493 e. The average molecular weight is 383 g/mol. The summed E-state index contributed by atoms with van der Waals surface area (Å²) < 4.78 is 13.0. The van der Waals surface area contributed by atoms with Crippen LogP contribution in [0.25, 0.3) is 0 Å². The minimum atomic E-state index is 0.350. The molecule has 23 heavy (non-hydrogen) atoms. The number of methoxy groups -OCH3 is 1. The van der Waals surface area contributed by atoms with Crippen molar-refractivity contribution in [1.82, 2.24) is 10.2 Å². The maximum Gasteiger partial charge on any atom is 0.164 e. The fourth-order valence-corrected chi connectivity index (χ4v) is 3.96. The normalized spacial score (nSPS) is 19.9. The second kappa shape index (κ2) is 8.36. The highest BCUT2D eigenvalue weighted by Crippen LogP contribution is 2.37. The molecule has 1 aromatic rings. The number of ether oxygens (including phenoxy) is 2. The van der Waals surface area contributed by atoms with E-state index >= 15 is 0 Å². The Morgan fingerprint density at radius 2 is 1.96 bits per heavy atom. The van der Waals surface area contributed by atoms with Crippen molar-refractivity contribution in [3.05, 3.63) is 22.2 Å². The molecule has 1 aliphatic carbocycles. The van der Waals surface area contributed by atoms with Gasteiger partial charge >= 0.3 is 0 Å². The smallest absolute Gasteiger partial charge is 0.164 e. The second-order valence-corrected chi connectivity index (χ2v) is 7.38. The fraction of sp³-hybridized carbons (Fsp3) is 0.667. The molecule has 1 aliphatic heterocycles. The van der Waals surface area contributed by atoms with E-state index in [1.165, 1.54) is 18.4 Å². The van der Waals surface area contributed by atoms with Crippen LogP contribution in [0.15, 0.2) is 16.6 Å². The van der Waals surface area contributed by atoms with Gasteiger partial charge in [-0.25, -0.2) is 0 Å². The zero-order valence-corrected chi connectivity index (χ0v) is 15.5. The van der Waals surface area contributed by atoms with Gasteiger partial charge in [-0.15, -0.1) is 0 Å². The first-order valence-corrected chi connectivity index (χ1v) is 9.51. The Kier molecular flexibility index (Phi) is 6.20. The Morgan fingerprint density at radius 1 is 1.22 bits per heavy atom. The van der Waals surface area contributed by atoms with E-state index in [0.717, 1.165) is 68.0 Å². The van der Waals surface area contributed by atoms with Gasteiger partial charge in [-0.1, -0.05) is 15.9 Å². The summed E-state index contributed by atoms with van der Waals surface area (Å²) in [6, 6.07) is 4.20. The maximum atomic E-state index is 6.35. The molecule has 0 atom stereocenters. The van der Waals surface area contributed by atoms with E-state index in [2.05, 4.69) is 32.2 Å². The zero-order chi connectivity index (χ0) is 16.1. The number of hydrogen-bond acceptors (Lipinski definition) is 4. The Hall–Kier alpha value is -0.780. The topological polar surface area (TPSA) is 33.7 Å². The molecular formula is C18H27BrN2O2. The summed E-state index contributed by atoms with van der Waals surface area (Å²) >= 11 is 3.61. The van der Waals surface area contributed by atoms with Crippen molar-refractivity contribution in [2.45, 2.75) is 38.2 Å². The van der Waals surface area contributed by atoms with E-state index in [-0.39, 0.29) is 0 Å². The van der Waals surface area contributed by atoms with Crippen molar-refractivity contribution in [3.63, 3.8) is 0 Å². The van der Waals surface area contributed by atoms with Gasteiger partial charge in [0.1, 0.15) is 0 Å². The maximum absolute atomic E-state index is 6.35. The quantitative estimate of drug-likeness (QED) is 0.818. The number of piperazine rings is 1. The van der Waals surface area contributed by atoms with Gasteiger partial charge < -0.3 is 19.7 Å². The van der Waals surface area contributed by atoms with E-state index in [4.69, 9.17) is 9.47 Å². The van der Waals surface area contributed by atoms with Crippen LogP contribution in [0.4, 0.5) is 0 Å². The van der Waals surface area contributed by atoms with E-state index in [1.807, 2.05) is 6.07 Å². The van der Waals surface area contributed by atoms with Crippen LogP contribution in [0.2, 0.25) is 0 Å². The molecule has 1 saturated carbocycles. The summed E-state index contributed by atoms with van der Waals surface area (Å²) in [5, 5.41) is 3.41. The monoisotopic (exact) mass is 382 g/mol. The van der Waals surface area contributed by atoms with Gasteiger partial charge in [0.15, 0.2) is 11.5 Å². The van der Waals surface area contributed by atoms with Gasteiger partial charge in [0.05, 0.1) is 13.2 Å². The minimum absolute atomic E-state index is 0.350. The van der Waals surface area contributed by atoms with E-state index in [9.17, 15) is 0 Å². The number of rotatable bonds is 6. The molecule has 0 unspecified atom stereocenters. The van der Waals surface area contributed by atoms with Gasteiger partial charge in [-0.3, -0.25) is 0 Å². The summed E-state index contributed by atoms with van der Waals surface area (Å²) in [6.45, 7) is 5.51. The predicted molar refractivity (Wildman–Crippen MR) is 96.6 cm³/mol. The second-order valence-electron chi connectivity index (χ2n) is 6.46. The Morgan fingerprint density at radius 3 is 2.65 bits per heavy atom. The SMILES string of the molecule is COc1cc(Br)cc(CCN2CCNCC2)c1OC1CCCC1. The number of hydrogen-bond donors (Lipinski definition) is 1. The zero-order valence-electron chi connectivity index (χ0n) is 13.9. The molecule has 0 aromatic heterocycles. The van der Waals surface area contributed by atoms with Crippen molar-refractivity contribution >= 4 is 15.9 Å². The van der Waals surface area contributed by atoms with Crippen LogP contribution >= 0.6 is 15.9 Å². The van der Waals surface area contributed by atoms with Gasteiger partial charge in [0.2, 0.25) is 0 Å². The molecule has 1 heterocycles. The summed E-state index contributed by atoms with van der Waals surface area (Å²) in [6.07, 6.45) is 6.23. The predicted octanol–water partition coefficient (Wildman–Crippen LogP) is 3.23. The fourth-order valence-electron chi connectivity index (χ4n) is 3.48. The summed E-state index contributed by atoms with van der Waals surface area (Å²) in [5.74, 6) is 1.80. The van der Waals surface area contributed by atoms with E-state index in [1.54, 1.807) is 7.11 Å². The van der Waals surface area contributed by atoms with Crippen molar-refractivity contribution < 1.29 is 9.47 Å². The molecule has 2 fully saturated rings. The first kappa shape index (κ1) is 17.1. The Labute approximate surface area is 147 Å². The number of nitrogens with one attached hydrogen (secondary N) is 1. The number of nitrogens with zero attached hydrogens (tertiary/aromatic N) is 1. The molecule has 4 nitrogen and oxygen atoms in total. The van der Waals surface area contributed by atoms with Gasteiger partial charge in [-0.05, 0) is 44.2 Å². The summed E-state index contributed by atoms with van der Waals surface area (Å²) in [7, 11) is 1.73. The lowest BCUT2D eigenvalue weighted by molar-refractivity contribution is 0.196. The van der Waals surface area contributed by atoms with Crippen LogP contribution in [-0.2, 0) is 6.42 Å². The van der Waals surface area contributed by atoms with E-state index in [0.29, 0.717) is 6.10 Å². The van der Waals surface area contributed by atoms with Crippen molar-refractivity contribution in [3.8, 4) is 11.5 Å². The summed E-state index contributed by atoms with van der Waals surface area (Å²) in [4.78, 5) is 2.52. The largest absolute Gasteiger partial charge is 0.493 e. The van der Waals surface area contributed by atoms with Crippen LogP contribution < -0.4 is 14.8 Å². The first-order chi connectivity index (χ1) is 11.3. The third kappa shape index (κ3) is 4.61. The highest BCUT2D eigenvalue weighted by molar-refractivity contribution is 9.10. The van der Waals surface area contributed by atoms with Crippen molar-refractivity contribution in [2.75, 3.05) is 39.8 Å². The standard InChI is InChI=1S/C18H27BrN2O2/c1-22-17-13-15(19)12-14(6-9-21-10-7-20-8-11-21)18(17)23-16-4-2-3-5-16/h12-13,16,20H,2-11H2,1H3. The molecule has 0 amide bonds. The lowest BCUT2D eigenvalue weighted by Crippen LogP contribution is -2.44. The van der Waals surface area contributed by atoms with Crippen LogP contribution in [0.3, 0.4) is 0 Å². The third-order valence-electron chi connectivity index (χ3n) is 4.81. The van der Waals surface area contributed by atoms with Crippen LogP contribution in [0.5, 0.6) is 11.5 Å². The van der Waals surface area contributed by atoms with Crippen LogP contribution in [0.1, 0.15) is 31.2 Å².